The van der Waals surface area contributed by atoms with E-state index in [1.54, 1.807) is 6.07 Å². The van der Waals surface area contributed by atoms with E-state index in [4.69, 9.17) is 0 Å². The van der Waals surface area contributed by atoms with Gasteiger partial charge >= 0.3 is 6.03 Å². The summed E-state index contributed by atoms with van der Waals surface area (Å²) in [6, 6.07) is 16.7. The van der Waals surface area contributed by atoms with Crippen LogP contribution in [0.25, 0.3) is 0 Å². The minimum atomic E-state index is -0.228. The number of amides is 2. The maximum atomic E-state index is 13.3. The van der Waals surface area contributed by atoms with Crippen molar-refractivity contribution in [2.24, 2.45) is 0 Å². The predicted molar refractivity (Wildman–Crippen MR) is 93.7 cm³/mol. The number of carbonyl (C=O) groups excluding carboxylic acids is 1. The van der Waals surface area contributed by atoms with E-state index >= 15 is 0 Å². The molecule has 1 saturated heterocycles. The van der Waals surface area contributed by atoms with Gasteiger partial charge in [-0.05, 0) is 30.2 Å². The molecule has 2 amide bonds. The van der Waals surface area contributed by atoms with Crippen molar-refractivity contribution in [2.75, 3.05) is 37.6 Å². The highest BCUT2D eigenvalue weighted by atomic mass is 19.1. The van der Waals surface area contributed by atoms with Crippen LogP contribution in [0.2, 0.25) is 0 Å². The quantitative estimate of drug-likeness (QED) is 0.937. The maximum Gasteiger partial charge on any atom is 0.317 e. The number of urea groups is 1. The number of nitrogens with one attached hydrogen (secondary N) is 1. The second kappa shape index (κ2) is 7.81. The first kappa shape index (κ1) is 16.3. The van der Waals surface area contributed by atoms with Crippen molar-refractivity contribution in [3.8, 4) is 0 Å². The normalized spacial score (nSPS) is 14.5. The highest BCUT2D eigenvalue weighted by molar-refractivity contribution is 5.74. The third kappa shape index (κ3) is 4.25. The third-order valence-corrected chi connectivity index (χ3v) is 4.27. The van der Waals surface area contributed by atoms with Gasteiger partial charge < -0.3 is 15.1 Å². The largest absolute Gasteiger partial charge is 0.368 e. The molecule has 126 valence electrons. The van der Waals surface area contributed by atoms with Crippen LogP contribution in [0.4, 0.5) is 14.9 Å². The van der Waals surface area contributed by atoms with Crippen molar-refractivity contribution in [1.29, 1.82) is 0 Å². The van der Waals surface area contributed by atoms with Gasteiger partial charge in [0.05, 0.1) is 0 Å². The average Bonchev–Trinajstić information content (AvgIpc) is 2.63. The molecule has 1 heterocycles. The lowest BCUT2D eigenvalue weighted by atomic mass is 10.1. The molecule has 1 fully saturated rings. The monoisotopic (exact) mass is 327 g/mol. The summed E-state index contributed by atoms with van der Waals surface area (Å²) in [5.74, 6) is -0.228. The van der Waals surface area contributed by atoms with Crippen molar-refractivity contribution in [3.05, 3.63) is 66.0 Å². The molecule has 0 bridgehead atoms. The van der Waals surface area contributed by atoms with Crippen LogP contribution in [0.15, 0.2) is 54.6 Å². The summed E-state index contributed by atoms with van der Waals surface area (Å²) in [6.07, 6.45) is 0.829. The van der Waals surface area contributed by atoms with Gasteiger partial charge in [-0.2, -0.15) is 0 Å². The number of halogens is 1. The molecule has 0 atom stereocenters. The first-order chi connectivity index (χ1) is 11.7. The molecule has 3 rings (SSSR count). The number of benzene rings is 2. The zero-order valence-electron chi connectivity index (χ0n) is 13.6. The first-order valence-corrected chi connectivity index (χ1v) is 8.29. The molecule has 1 aliphatic rings. The van der Waals surface area contributed by atoms with Gasteiger partial charge in [-0.1, -0.05) is 36.4 Å². The predicted octanol–water partition coefficient (Wildman–Crippen LogP) is 2.90. The number of nitrogens with zero attached hydrogens (tertiary/aromatic N) is 2. The molecule has 2 aromatic rings. The standard InChI is InChI=1S/C19H22FN3O/c20-17-7-4-8-18(15-17)22-11-13-23(14-12-22)19(24)21-10-9-16-5-2-1-3-6-16/h1-8,15H,9-14H2,(H,21,24). The van der Waals surface area contributed by atoms with Crippen LogP contribution in [0.1, 0.15) is 5.56 Å². The Kier molecular flexibility index (Phi) is 5.31. The number of hydrogen-bond donors (Lipinski definition) is 1. The smallest absolute Gasteiger partial charge is 0.317 e. The van der Waals surface area contributed by atoms with E-state index < -0.39 is 0 Å². The van der Waals surface area contributed by atoms with Crippen molar-refractivity contribution in [1.82, 2.24) is 10.2 Å². The molecule has 24 heavy (non-hydrogen) atoms. The second-order valence-electron chi connectivity index (χ2n) is 5.92. The SMILES string of the molecule is O=C(NCCc1ccccc1)N1CCN(c2cccc(F)c2)CC1. The summed E-state index contributed by atoms with van der Waals surface area (Å²) < 4.78 is 13.3. The topological polar surface area (TPSA) is 35.6 Å². The van der Waals surface area contributed by atoms with Gasteiger partial charge in [0.15, 0.2) is 0 Å². The summed E-state index contributed by atoms with van der Waals surface area (Å²) in [4.78, 5) is 16.2. The summed E-state index contributed by atoms with van der Waals surface area (Å²) in [5.41, 5.74) is 2.09. The molecular formula is C19H22FN3O. The van der Waals surface area contributed by atoms with Crippen molar-refractivity contribution in [3.63, 3.8) is 0 Å². The fraction of sp³-hybridized carbons (Fsp3) is 0.316. The minimum Gasteiger partial charge on any atom is -0.368 e. The summed E-state index contributed by atoms with van der Waals surface area (Å²) in [5, 5.41) is 2.97. The number of carbonyl (C=O) groups is 1. The number of rotatable bonds is 4. The highest BCUT2D eigenvalue weighted by Crippen LogP contribution is 2.17. The van der Waals surface area contributed by atoms with Crippen LogP contribution in [-0.2, 0) is 6.42 Å². The summed E-state index contributed by atoms with van der Waals surface area (Å²) in [7, 11) is 0. The van der Waals surface area contributed by atoms with Crippen LogP contribution < -0.4 is 10.2 Å². The van der Waals surface area contributed by atoms with E-state index in [9.17, 15) is 9.18 Å². The minimum absolute atomic E-state index is 0.0233. The van der Waals surface area contributed by atoms with Gasteiger partial charge in [0.1, 0.15) is 5.82 Å². The fourth-order valence-corrected chi connectivity index (χ4v) is 2.91. The summed E-state index contributed by atoms with van der Waals surface area (Å²) >= 11 is 0. The lowest BCUT2D eigenvalue weighted by Crippen LogP contribution is -2.52. The molecule has 5 heteroatoms. The molecule has 0 spiro atoms. The van der Waals surface area contributed by atoms with Crippen LogP contribution in [0.5, 0.6) is 0 Å². The first-order valence-electron chi connectivity index (χ1n) is 8.29. The molecular weight excluding hydrogens is 305 g/mol. The Bertz CT molecular complexity index is 669. The van der Waals surface area contributed by atoms with Crippen LogP contribution in [0, 0.1) is 5.82 Å². The van der Waals surface area contributed by atoms with Crippen molar-refractivity contribution in [2.45, 2.75) is 6.42 Å². The van der Waals surface area contributed by atoms with Gasteiger partial charge in [-0.15, -0.1) is 0 Å². The molecule has 1 aliphatic heterocycles. The number of hydrogen-bond acceptors (Lipinski definition) is 2. The fourth-order valence-electron chi connectivity index (χ4n) is 2.91. The van der Waals surface area contributed by atoms with E-state index in [1.807, 2.05) is 29.2 Å². The van der Waals surface area contributed by atoms with Gasteiger partial charge in [-0.3, -0.25) is 0 Å². The third-order valence-electron chi connectivity index (χ3n) is 4.27. The van der Waals surface area contributed by atoms with Gasteiger partial charge in [0.2, 0.25) is 0 Å². The zero-order chi connectivity index (χ0) is 16.8. The highest BCUT2D eigenvalue weighted by Gasteiger charge is 2.21. The molecule has 0 radical (unpaired) electrons. The van der Waals surface area contributed by atoms with Gasteiger partial charge in [0.25, 0.3) is 0 Å². The molecule has 0 saturated carbocycles. The number of anilines is 1. The van der Waals surface area contributed by atoms with Gasteiger partial charge in [0, 0.05) is 38.4 Å². The van der Waals surface area contributed by atoms with Crippen molar-refractivity contribution >= 4 is 11.7 Å². The molecule has 0 unspecified atom stereocenters. The lowest BCUT2D eigenvalue weighted by molar-refractivity contribution is 0.194. The lowest BCUT2D eigenvalue weighted by Gasteiger charge is -2.36. The van der Waals surface area contributed by atoms with Crippen LogP contribution in [-0.4, -0.2) is 43.7 Å². The van der Waals surface area contributed by atoms with Crippen molar-refractivity contribution < 1.29 is 9.18 Å². The van der Waals surface area contributed by atoms with E-state index in [1.165, 1.54) is 17.7 Å². The van der Waals surface area contributed by atoms with E-state index in [0.29, 0.717) is 19.6 Å². The Hall–Kier alpha value is -2.56. The average molecular weight is 327 g/mol. The Morgan fingerprint density at radius 3 is 2.46 bits per heavy atom. The summed E-state index contributed by atoms with van der Waals surface area (Å²) in [6.45, 7) is 3.36. The Morgan fingerprint density at radius 1 is 1.00 bits per heavy atom. The van der Waals surface area contributed by atoms with Crippen LogP contribution in [0.3, 0.4) is 0 Å². The molecule has 0 aliphatic carbocycles. The Balaban J connectivity index is 1.43. The van der Waals surface area contributed by atoms with E-state index in [0.717, 1.165) is 25.2 Å². The second-order valence-corrected chi connectivity index (χ2v) is 5.92. The number of piperazine rings is 1. The van der Waals surface area contributed by atoms with Crippen LogP contribution >= 0.6 is 0 Å². The molecule has 4 nitrogen and oxygen atoms in total. The Morgan fingerprint density at radius 2 is 1.75 bits per heavy atom. The molecule has 0 aromatic heterocycles. The molecule has 2 aromatic carbocycles. The Labute approximate surface area is 141 Å². The van der Waals surface area contributed by atoms with Gasteiger partial charge in [-0.25, -0.2) is 9.18 Å². The molecule has 1 N–H and O–H groups in total. The van der Waals surface area contributed by atoms with E-state index in [-0.39, 0.29) is 11.8 Å². The van der Waals surface area contributed by atoms with E-state index in [2.05, 4.69) is 22.3 Å². The maximum absolute atomic E-state index is 13.3. The zero-order valence-corrected chi connectivity index (χ0v) is 13.6.